The molecule has 120 valence electrons. The quantitative estimate of drug-likeness (QED) is 0.367. The summed E-state index contributed by atoms with van der Waals surface area (Å²) in [4.78, 5) is 21.4. The lowest BCUT2D eigenvalue weighted by atomic mass is 10.2. The van der Waals surface area contributed by atoms with E-state index < -0.39 is 4.92 Å². The average Bonchev–Trinajstić information content (AvgIpc) is 3.00. The highest BCUT2D eigenvalue weighted by Gasteiger charge is 2.09. The minimum Gasteiger partial charge on any atom is -0.492 e. The third-order valence-electron chi connectivity index (χ3n) is 2.88. The number of nitrogens with zero attached hydrogens (tertiary/aromatic N) is 1. The average molecular weight is 316 g/mol. The molecule has 7 heteroatoms. The highest BCUT2D eigenvalue weighted by molar-refractivity contribution is 5.91. The van der Waals surface area contributed by atoms with Crippen LogP contribution >= 0.6 is 0 Å². The number of aryl methyl sites for hydroxylation is 1. The summed E-state index contributed by atoms with van der Waals surface area (Å²) in [5, 5.41) is 13.1. The van der Waals surface area contributed by atoms with Crippen LogP contribution in [0.2, 0.25) is 0 Å². The minimum absolute atomic E-state index is 0.239. The van der Waals surface area contributed by atoms with E-state index in [1.54, 1.807) is 0 Å². The number of benzene rings is 1. The van der Waals surface area contributed by atoms with E-state index in [4.69, 9.17) is 9.15 Å². The van der Waals surface area contributed by atoms with Gasteiger partial charge in [-0.1, -0.05) is 17.7 Å². The zero-order chi connectivity index (χ0) is 16.7. The van der Waals surface area contributed by atoms with Crippen molar-refractivity contribution in [2.45, 2.75) is 6.92 Å². The molecule has 0 spiro atoms. The van der Waals surface area contributed by atoms with Crippen LogP contribution in [0, 0.1) is 17.0 Å². The number of hydrogen-bond acceptors (Lipinski definition) is 5. The SMILES string of the molecule is Cc1ccc(OCCNC(=O)/C=C/c2ccc([N+](=O)[O-])o2)cc1. The second-order valence-electron chi connectivity index (χ2n) is 4.72. The van der Waals surface area contributed by atoms with Gasteiger partial charge in [0.1, 0.15) is 23.0 Å². The van der Waals surface area contributed by atoms with Crippen LogP contribution < -0.4 is 10.1 Å². The van der Waals surface area contributed by atoms with Crippen molar-refractivity contribution in [1.82, 2.24) is 5.32 Å². The third kappa shape index (κ3) is 5.31. The fourth-order valence-corrected chi connectivity index (χ4v) is 1.72. The van der Waals surface area contributed by atoms with Crippen molar-refractivity contribution < 1.29 is 18.9 Å². The maximum atomic E-state index is 11.6. The van der Waals surface area contributed by atoms with Gasteiger partial charge in [0.2, 0.25) is 5.91 Å². The van der Waals surface area contributed by atoms with Crippen LogP contribution in [0.15, 0.2) is 46.9 Å². The Kier molecular flexibility index (Phi) is 5.51. The Labute approximate surface area is 132 Å². The van der Waals surface area contributed by atoms with Gasteiger partial charge in [-0.25, -0.2) is 0 Å². The predicted octanol–water partition coefficient (Wildman–Crippen LogP) is 2.70. The molecular weight excluding hydrogens is 300 g/mol. The smallest absolute Gasteiger partial charge is 0.433 e. The summed E-state index contributed by atoms with van der Waals surface area (Å²) in [6.07, 6.45) is 2.61. The maximum Gasteiger partial charge on any atom is 0.433 e. The second kappa shape index (κ2) is 7.79. The maximum absolute atomic E-state index is 11.6. The molecular formula is C16H16N2O5. The lowest BCUT2D eigenvalue weighted by Gasteiger charge is -2.06. The van der Waals surface area contributed by atoms with Crippen LogP contribution in [0.3, 0.4) is 0 Å². The molecule has 23 heavy (non-hydrogen) atoms. The number of ether oxygens (including phenoxy) is 1. The van der Waals surface area contributed by atoms with E-state index in [-0.39, 0.29) is 17.6 Å². The molecule has 0 saturated heterocycles. The molecule has 1 N–H and O–H groups in total. The van der Waals surface area contributed by atoms with Gasteiger partial charge in [0.25, 0.3) is 0 Å². The molecule has 0 saturated carbocycles. The van der Waals surface area contributed by atoms with Crippen molar-refractivity contribution in [2.24, 2.45) is 0 Å². The number of amides is 1. The highest BCUT2D eigenvalue weighted by Crippen LogP contribution is 2.16. The van der Waals surface area contributed by atoms with Crippen molar-refractivity contribution in [1.29, 1.82) is 0 Å². The molecule has 1 heterocycles. The van der Waals surface area contributed by atoms with Gasteiger partial charge in [0.05, 0.1) is 12.6 Å². The summed E-state index contributed by atoms with van der Waals surface area (Å²) < 4.78 is 10.4. The van der Waals surface area contributed by atoms with Gasteiger partial charge >= 0.3 is 5.88 Å². The zero-order valence-electron chi connectivity index (χ0n) is 12.5. The summed E-state index contributed by atoms with van der Waals surface area (Å²) in [5.41, 5.74) is 1.15. The van der Waals surface area contributed by atoms with Gasteiger partial charge in [-0.15, -0.1) is 0 Å². The largest absolute Gasteiger partial charge is 0.492 e. The van der Waals surface area contributed by atoms with E-state index in [0.717, 1.165) is 11.3 Å². The Morgan fingerprint density at radius 3 is 2.70 bits per heavy atom. The topological polar surface area (TPSA) is 94.6 Å². The fourth-order valence-electron chi connectivity index (χ4n) is 1.72. The van der Waals surface area contributed by atoms with Crippen LogP contribution in [-0.2, 0) is 4.79 Å². The van der Waals surface area contributed by atoms with E-state index in [1.807, 2.05) is 31.2 Å². The molecule has 0 aliphatic heterocycles. The lowest BCUT2D eigenvalue weighted by Crippen LogP contribution is -2.26. The molecule has 1 amide bonds. The first-order valence-electron chi connectivity index (χ1n) is 6.94. The van der Waals surface area contributed by atoms with E-state index in [1.165, 1.54) is 24.3 Å². The van der Waals surface area contributed by atoms with Gasteiger partial charge in [-0.3, -0.25) is 14.9 Å². The Morgan fingerprint density at radius 2 is 2.04 bits per heavy atom. The van der Waals surface area contributed by atoms with Crippen molar-refractivity contribution in [3.63, 3.8) is 0 Å². The zero-order valence-corrected chi connectivity index (χ0v) is 12.5. The molecule has 0 aliphatic rings. The Hall–Kier alpha value is -3.09. The molecule has 0 bridgehead atoms. The summed E-state index contributed by atoms with van der Waals surface area (Å²) in [7, 11) is 0. The van der Waals surface area contributed by atoms with Crippen molar-refractivity contribution in [3.05, 3.63) is 63.9 Å². The standard InChI is InChI=1S/C16H16N2O5/c1-12-2-4-13(5-3-12)22-11-10-17-15(19)8-6-14-7-9-16(23-14)18(20)21/h2-9H,10-11H2,1H3,(H,17,19)/b8-6+. The molecule has 2 rings (SSSR count). The van der Waals surface area contributed by atoms with E-state index in [0.29, 0.717) is 13.2 Å². The Morgan fingerprint density at radius 1 is 1.30 bits per heavy atom. The first kappa shape index (κ1) is 16.3. The third-order valence-corrected chi connectivity index (χ3v) is 2.88. The van der Waals surface area contributed by atoms with Gasteiger partial charge < -0.3 is 14.5 Å². The minimum atomic E-state index is -0.639. The van der Waals surface area contributed by atoms with E-state index in [9.17, 15) is 14.9 Å². The predicted molar refractivity (Wildman–Crippen MR) is 84.1 cm³/mol. The molecule has 2 aromatic rings. The summed E-state index contributed by atoms with van der Waals surface area (Å²) in [6.45, 7) is 2.67. The van der Waals surface area contributed by atoms with Crippen LogP contribution in [0.4, 0.5) is 5.88 Å². The molecule has 0 atom stereocenters. The fraction of sp³-hybridized carbons (Fsp3) is 0.188. The molecule has 1 aromatic heterocycles. The van der Waals surface area contributed by atoms with Gasteiger partial charge in [0, 0.05) is 6.08 Å². The monoisotopic (exact) mass is 316 g/mol. The Bertz CT molecular complexity index is 704. The normalized spacial score (nSPS) is 10.7. The number of carbonyl (C=O) groups is 1. The number of furan rings is 1. The van der Waals surface area contributed by atoms with Gasteiger partial charge in [-0.05, 0) is 31.2 Å². The first-order valence-corrected chi connectivity index (χ1v) is 6.94. The second-order valence-corrected chi connectivity index (χ2v) is 4.72. The number of rotatable bonds is 7. The van der Waals surface area contributed by atoms with Crippen molar-refractivity contribution >= 4 is 17.9 Å². The molecule has 0 radical (unpaired) electrons. The highest BCUT2D eigenvalue weighted by atomic mass is 16.6. The van der Waals surface area contributed by atoms with Crippen molar-refractivity contribution in [3.8, 4) is 5.75 Å². The van der Waals surface area contributed by atoms with Crippen molar-refractivity contribution in [2.75, 3.05) is 13.2 Å². The number of nitrogens with one attached hydrogen (secondary N) is 1. The van der Waals surface area contributed by atoms with Crippen LogP contribution in [0.25, 0.3) is 6.08 Å². The molecule has 7 nitrogen and oxygen atoms in total. The summed E-state index contributed by atoms with van der Waals surface area (Å²) in [6, 6.07) is 10.3. The van der Waals surface area contributed by atoms with Crippen LogP contribution in [0.1, 0.15) is 11.3 Å². The first-order chi connectivity index (χ1) is 11.0. The van der Waals surface area contributed by atoms with Gasteiger partial charge in [0.15, 0.2) is 0 Å². The van der Waals surface area contributed by atoms with E-state index >= 15 is 0 Å². The molecule has 1 aromatic carbocycles. The lowest BCUT2D eigenvalue weighted by molar-refractivity contribution is -0.402. The van der Waals surface area contributed by atoms with E-state index in [2.05, 4.69) is 5.32 Å². The summed E-state index contributed by atoms with van der Waals surface area (Å²) in [5.74, 6) is 0.277. The van der Waals surface area contributed by atoms with Crippen LogP contribution in [0.5, 0.6) is 5.75 Å². The molecule has 0 aliphatic carbocycles. The molecule has 0 fully saturated rings. The summed E-state index contributed by atoms with van der Waals surface area (Å²) >= 11 is 0. The number of hydrogen-bond donors (Lipinski definition) is 1. The number of carbonyl (C=O) groups excluding carboxylic acids is 1. The Balaban J connectivity index is 1.71. The molecule has 0 unspecified atom stereocenters. The van der Waals surface area contributed by atoms with Gasteiger partial charge in [-0.2, -0.15) is 0 Å². The number of nitro groups is 1. The van der Waals surface area contributed by atoms with Crippen LogP contribution in [-0.4, -0.2) is 24.0 Å².